The first-order valence-electron chi connectivity index (χ1n) is 5.65. The highest BCUT2D eigenvalue weighted by Gasteiger charge is 2.09. The van der Waals surface area contributed by atoms with Crippen LogP contribution in [0.3, 0.4) is 0 Å². The molecule has 0 aliphatic carbocycles. The van der Waals surface area contributed by atoms with Crippen molar-refractivity contribution in [2.45, 2.75) is 6.61 Å². The second-order valence-electron chi connectivity index (χ2n) is 4.00. The first kappa shape index (κ1) is 14.0. The van der Waals surface area contributed by atoms with Crippen molar-refractivity contribution in [3.05, 3.63) is 68.2 Å². The van der Waals surface area contributed by atoms with Gasteiger partial charge < -0.3 is 4.74 Å². The van der Waals surface area contributed by atoms with Crippen LogP contribution in [-0.2, 0) is 6.61 Å². The van der Waals surface area contributed by atoms with Crippen LogP contribution in [0.2, 0.25) is 0 Å². The van der Waals surface area contributed by atoms with E-state index in [1.165, 1.54) is 12.1 Å². The highest BCUT2D eigenvalue weighted by atomic mass is 79.9. The standard InChI is InChI=1S/C14H9BrN2O3/c15-12-5-13(17(18)19)7-14(6-12)20-9-11-3-1-2-10(4-11)8-16/h1-7H,9H2. The lowest BCUT2D eigenvalue weighted by Gasteiger charge is -2.07. The number of nitrogens with zero attached hydrogens (tertiary/aromatic N) is 2. The summed E-state index contributed by atoms with van der Waals surface area (Å²) in [6, 6.07) is 13.5. The summed E-state index contributed by atoms with van der Waals surface area (Å²) in [5, 5.41) is 19.6. The molecule has 2 aromatic rings. The molecule has 0 spiro atoms. The fourth-order valence-corrected chi connectivity index (χ4v) is 2.09. The first-order chi connectivity index (χ1) is 9.58. The Morgan fingerprint density at radius 1 is 1.30 bits per heavy atom. The predicted octanol–water partition coefficient (Wildman–Crippen LogP) is 3.81. The van der Waals surface area contributed by atoms with Crippen LogP contribution in [-0.4, -0.2) is 4.92 Å². The van der Waals surface area contributed by atoms with Gasteiger partial charge in [-0.15, -0.1) is 0 Å². The smallest absolute Gasteiger partial charge is 0.274 e. The Kier molecular flexibility index (Phi) is 4.33. The van der Waals surface area contributed by atoms with Crippen molar-refractivity contribution in [2.24, 2.45) is 0 Å². The molecule has 0 bridgehead atoms. The van der Waals surface area contributed by atoms with Gasteiger partial charge >= 0.3 is 0 Å². The van der Waals surface area contributed by atoms with Crippen molar-refractivity contribution in [3.8, 4) is 11.8 Å². The number of rotatable bonds is 4. The molecule has 0 heterocycles. The third-order valence-electron chi connectivity index (χ3n) is 2.53. The number of halogens is 1. The SMILES string of the molecule is N#Cc1cccc(COc2cc(Br)cc([N+](=O)[O-])c2)c1. The van der Waals surface area contributed by atoms with Gasteiger partial charge in [0.25, 0.3) is 5.69 Å². The van der Waals surface area contributed by atoms with E-state index in [1.807, 2.05) is 12.1 Å². The Bertz CT molecular complexity index is 695. The number of hydrogen-bond donors (Lipinski definition) is 0. The molecule has 0 aromatic heterocycles. The van der Waals surface area contributed by atoms with Crippen LogP contribution in [0.5, 0.6) is 5.75 Å². The molecule has 2 rings (SSSR count). The van der Waals surface area contributed by atoms with Gasteiger partial charge in [0, 0.05) is 10.5 Å². The number of benzene rings is 2. The maximum Gasteiger partial charge on any atom is 0.274 e. The minimum atomic E-state index is -0.478. The van der Waals surface area contributed by atoms with Gasteiger partial charge in [-0.2, -0.15) is 5.26 Å². The van der Waals surface area contributed by atoms with Crippen LogP contribution >= 0.6 is 15.9 Å². The van der Waals surface area contributed by atoms with E-state index in [1.54, 1.807) is 24.3 Å². The van der Waals surface area contributed by atoms with Gasteiger partial charge in [0.2, 0.25) is 0 Å². The summed E-state index contributed by atoms with van der Waals surface area (Å²) in [5.74, 6) is 0.397. The van der Waals surface area contributed by atoms with E-state index in [2.05, 4.69) is 15.9 Å². The third kappa shape index (κ3) is 3.56. The quantitative estimate of drug-likeness (QED) is 0.630. The summed E-state index contributed by atoms with van der Waals surface area (Å²) >= 11 is 3.20. The molecule has 0 atom stereocenters. The Balaban J connectivity index is 2.14. The van der Waals surface area contributed by atoms with Crippen LogP contribution in [0, 0.1) is 21.4 Å². The largest absolute Gasteiger partial charge is 0.489 e. The number of non-ortho nitro benzene ring substituents is 1. The summed E-state index contributed by atoms with van der Waals surface area (Å²) in [4.78, 5) is 10.3. The molecule has 0 aliphatic rings. The second kappa shape index (κ2) is 6.17. The van der Waals surface area contributed by atoms with Crippen molar-refractivity contribution in [3.63, 3.8) is 0 Å². The second-order valence-corrected chi connectivity index (χ2v) is 4.92. The molecule has 0 radical (unpaired) electrons. The van der Waals surface area contributed by atoms with Gasteiger partial charge in [0.05, 0.1) is 22.6 Å². The lowest BCUT2D eigenvalue weighted by molar-refractivity contribution is -0.385. The molecule has 6 heteroatoms. The molecule has 0 saturated carbocycles. The van der Waals surface area contributed by atoms with Crippen molar-refractivity contribution >= 4 is 21.6 Å². The Morgan fingerprint density at radius 2 is 2.10 bits per heavy atom. The van der Waals surface area contributed by atoms with Gasteiger partial charge in [0.1, 0.15) is 12.4 Å². The van der Waals surface area contributed by atoms with Crippen LogP contribution in [0.15, 0.2) is 46.9 Å². The molecule has 5 nitrogen and oxygen atoms in total. The van der Waals surface area contributed by atoms with E-state index in [-0.39, 0.29) is 12.3 Å². The summed E-state index contributed by atoms with van der Waals surface area (Å²) in [6.07, 6.45) is 0. The Labute approximate surface area is 123 Å². The van der Waals surface area contributed by atoms with E-state index in [4.69, 9.17) is 10.00 Å². The van der Waals surface area contributed by atoms with Gasteiger partial charge in [-0.25, -0.2) is 0 Å². The first-order valence-corrected chi connectivity index (χ1v) is 6.44. The van der Waals surface area contributed by atoms with Crippen LogP contribution in [0.1, 0.15) is 11.1 Å². The van der Waals surface area contributed by atoms with E-state index < -0.39 is 4.92 Å². The predicted molar refractivity (Wildman–Crippen MR) is 76.3 cm³/mol. The highest BCUT2D eigenvalue weighted by Crippen LogP contribution is 2.26. The van der Waals surface area contributed by atoms with E-state index in [9.17, 15) is 10.1 Å². The fourth-order valence-electron chi connectivity index (χ4n) is 1.63. The molecule has 0 amide bonds. The summed E-state index contributed by atoms with van der Waals surface area (Å²) in [5.41, 5.74) is 1.33. The lowest BCUT2D eigenvalue weighted by Crippen LogP contribution is -1.97. The molecule has 20 heavy (non-hydrogen) atoms. The minimum Gasteiger partial charge on any atom is -0.489 e. The molecule has 0 aliphatic heterocycles. The number of hydrogen-bond acceptors (Lipinski definition) is 4. The highest BCUT2D eigenvalue weighted by molar-refractivity contribution is 9.10. The average molecular weight is 333 g/mol. The van der Waals surface area contributed by atoms with Gasteiger partial charge in [-0.05, 0) is 23.8 Å². The Morgan fingerprint density at radius 3 is 2.80 bits per heavy atom. The molecule has 0 saturated heterocycles. The van der Waals surface area contributed by atoms with E-state index >= 15 is 0 Å². The van der Waals surface area contributed by atoms with Gasteiger partial charge in [0.15, 0.2) is 0 Å². The van der Waals surface area contributed by atoms with Crippen molar-refractivity contribution in [2.75, 3.05) is 0 Å². The molecular formula is C14H9BrN2O3. The zero-order valence-corrected chi connectivity index (χ0v) is 11.8. The third-order valence-corrected chi connectivity index (χ3v) is 2.99. The van der Waals surface area contributed by atoms with Crippen molar-refractivity contribution in [1.82, 2.24) is 0 Å². The number of nitro groups is 1. The monoisotopic (exact) mass is 332 g/mol. The minimum absolute atomic E-state index is 0.0415. The van der Waals surface area contributed by atoms with Gasteiger partial charge in [-0.3, -0.25) is 10.1 Å². The molecular weight excluding hydrogens is 324 g/mol. The maximum atomic E-state index is 10.8. The van der Waals surface area contributed by atoms with Crippen molar-refractivity contribution in [1.29, 1.82) is 5.26 Å². The normalized spacial score (nSPS) is 9.80. The van der Waals surface area contributed by atoms with Gasteiger partial charge in [-0.1, -0.05) is 28.1 Å². The van der Waals surface area contributed by atoms with Crippen LogP contribution < -0.4 is 4.74 Å². The number of nitriles is 1. The topological polar surface area (TPSA) is 76.2 Å². The van der Waals surface area contributed by atoms with E-state index in [0.717, 1.165) is 5.56 Å². The number of nitro benzene ring substituents is 1. The van der Waals surface area contributed by atoms with E-state index in [0.29, 0.717) is 15.8 Å². The molecule has 2 aromatic carbocycles. The Hall–Kier alpha value is -2.39. The molecule has 0 unspecified atom stereocenters. The van der Waals surface area contributed by atoms with Crippen LogP contribution in [0.4, 0.5) is 5.69 Å². The molecule has 0 fully saturated rings. The van der Waals surface area contributed by atoms with Crippen LogP contribution in [0.25, 0.3) is 0 Å². The molecule has 0 N–H and O–H groups in total. The maximum absolute atomic E-state index is 10.8. The summed E-state index contributed by atoms with van der Waals surface area (Å²) < 4.78 is 6.10. The van der Waals surface area contributed by atoms with Crippen molar-refractivity contribution < 1.29 is 9.66 Å². The zero-order chi connectivity index (χ0) is 14.5. The molecule has 100 valence electrons. The number of ether oxygens (including phenoxy) is 1. The lowest BCUT2D eigenvalue weighted by atomic mass is 10.1. The summed E-state index contributed by atoms with van der Waals surface area (Å²) in [7, 11) is 0. The average Bonchev–Trinajstić information content (AvgIpc) is 2.44. The summed E-state index contributed by atoms with van der Waals surface area (Å²) in [6.45, 7) is 0.239. The zero-order valence-electron chi connectivity index (χ0n) is 10.2. The fraction of sp³-hybridized carbons (Fsp3) is 0.0714.